The van der Waals surface area contributed by atoms with Crippen molar-refractivity contribution in [1.82, 2.24) is 15.1 Å². The van der Waals surface area contributed by atoms with Crippen molar-refractivity contribution in [3.05, 3.63) is 66.2 Å². The van der Waals surface area contributed by atoms with Crippen molar-refractivity contribution in [1.29, 1.82) is 5.26 Å². The van der Waals surface area contributed by atoms with E-state index in [4.69, 9.17) is 4.52 Å². The molecule has 0 saturated heterocycles. The lowest BCUT2D eigenvalue weighted by molar-refractivity contribution is 0.386. The smallest absolute Gasteiger partial charge is 0.140 e. The first-order valence-corrected chi connectivity index (χ1v) is 8.96. The van der Waals surface area contributed by atoms with E-state index in [0.717, 1.165) is 39.3 Å². The average molecular weight is 355 g/mol. The molecule has 0 spiro atoms. The van der Waals surface area contributed by atoms with Crippen LogP contribution in [0.25, 0.3) is 22.3 Å². The van der Waals surface area contributed by atoms with E-state index in [1.165, 1.54) is 12.8 Å². The summed E-state index contributed by atoms with van der Waals surface area (Å²) in [5, 5.41) is 17.1. The van der Waals surface area contributed by atoms with Crippen molar-refractivity contribution in [2.24, 2.45) is 0 Å². The Hall–Kier alpha value is -3.59. The minimum atomic E-state index is -0.446. The topological polar surface area (TPSA) is 90.5 Å². The van der Waals surface area contributed by atoms with Gasteiger partial charge in [-0.3, -0.25) is 0 Å². The summed E-state index contributed by atoms with van der Waals surface area (Å²) in [4.78, 5) is 7.29. The number of hydrogen-bond donors (Lipinski definition) is 2. The molecule has 0 bridgehead atoms. The molecule has 1 unspecified atom stereocenters. The minimum absolute atomic E-state index is 0.446. The van der Waals surface area contributed by atoms with Gasteiger partial charge in [-0.1, -0.05) is 29.4 Å². The Morgan fingerprint density at radius 3 is 2.78 bits per heavy atom. The molecule has 5 rings (SSSR count). The van der Waals surface area contributed by atoms with Gasteiger partial charge >= 0.3 is 0 Å². The number of nitrogens with zero attached hydrogens (tertiary/aromatic N) is 3. The highest BCUT2D eigenvalue weighted by Gasteiger charge is 2.28. The van der Waals surface area contributed by atoms with Crippen molar-refractivity contribution in [2.45, 2.75) is 24.8 Å². The van der Waals surface area contributed by atoms with E-state index in [1.807, 2.05) is 48.5 Å². The SMILES string of the molecule is N#CC(Nc1ccc2nc[nH]c2c1)c1ccc(-c2cc(C3CC3)on2)cc1. The third kappa shape index (κ3) is 3.04. The van der Waals surface area contributed by atoms with Gasteiger partial charge in [-0.15, -0.1) is 0 Å². The molecule has 0 amide bonds. The first kappa shape index (κ1) is 15.6. The van der Waals surface area contributed by atoms with E-state index in [0.29, 0.717) is 5.92 Å². The van der Waals surface area contributed by atoms with E-state index < -0.39 is 6.04 Å². The number of fused-ring (bicyclic) bond motifs is 1. The molecule has 4 aromatic rings. The fourth-order valence-electron chi connectivity index (χ4n) is 3.21. The predicted octanol–water partition coefficient (Wildman–Crippen LogP) is 4.77. The summed E-state index contributed by atoms with van der Waals surface area (Å²) in [6, 6.07) is 17.6. The lowest BCUT2D eigenvalue weighted by Crippen LogP contribution is -2.08. The van der Waals surface area contributed by atoms with Crippen LogP contribution < -0.4 is 5.32 Å². The fourth-order valence-corrected chi connectivity index (χ4v) is 3.21. The molecular formula is C21H17N5O. The van der Waals surface area contributed by atoms with Crippen molar-refractivity contribution in [2.75, 3.05) is 5.32 Å². The fraction of sp³-hybridized carbons (Fsp3) is 0.190. The van der Waals surface area contributed by atoms with Gasteiger partial charge < -0.3 is 14.8 Å². The minimum Gasteiger partial charge on any atom is -0.366 e. The van der Waals surface area contributed by atoms with Crippen LogP contribution in [0.2, 0.25) is 0 Å². The Morgan fingerprint density at radius 2 is 2.00 bits per heavy atom. The first-order valence-electron chi connectivity index (χ1n) is 8.96. The summed E-state index contributed by atoms with van der Waals surface area (Å²) in [6.07, 6.45) is 4.04. The summed E-state index contributed by atoms with van der Waals surface area (Å²) in [5.41, 5.74) is 5.44. The predicted molar refractivity (Wildman–Crippen MR) is 102 cm³/mol. The van der Waals surface area contributed by atoms with Crippen LogP contribution in [-0.4, -0.2) is 15.1 Å². The highest BCUT2D eigenvalue weighted by atomic mass is 16.5. The van der Waals surface area contributed by atoms with Crippen LogP contribution in [0, 0.1) is 11.3 Å². The van der Waals surface area contributed by atoms with Crippen molar-refractivity contribution >= 4 is 16.7 Å². The second-order valence-corrected chi connectivity index (χ2v) is 6.85. The monoisotopic (exact) mass is 355 g/mol. The molecule has 1 aliphatic carbocycles. The molecule has 2 heterocycles. The van der Waals surface area contributed by atoms with Crippen LogP contribution in [-0.2, 0) is 0 Å². The Bertz CT molecular complexity index is 1130. The highest BCUT2D eigenvalue weighted by Crippen LogP contribution is 2.41. The maximum atomic E-state index is 9.61. The molecule has 0 aliphatic heterocycles. The van der Waals surface area contributed by atoms with Gasteiger partial charge in [-0.05, 0) is 36.6 Å². The number of nitriles is 1. The summed E-state index contributed by atoms with van der Waals surface area (Å²) < 4.78 is 5.43. The van der Waals surface area contributed by atoms with Gasteiger partial charge in [0.2, 0.25) is 0 Å². The standard InChI is InChI=1S/C21H17N5O/c22-11-20(25-16-7-8-17-19(9-16)24-12-23-17)14-3-1-13(2-4-14)18-10-21(27-26-18)15-5-6-15/h1-4,7-10,12,15,20,25H,5-6H2,(H,23,24). The van der Waals surface area contributed by atoms with Gasteiger partial charge in [-0.25, -0.2) is 4.98 Å². The number of nitrogens with one attached hydrogen (secondary N) is 2. The number of hydrogen-bond acceptors (Lipinski definition) is 5. The number of aromatic amines is 1. The molecule has 132 valence electrons. The van der Waals surface area contributed by atoms with Crippen LogP contribution in [0.3, 0.4) is 0 Å². The Kier molecular flexibility index (Phi) is 3.65. The zero-order chi connectivity index (χ0) is 18.2. The summed E-state index contributed by atoms with van der Waals surface area (Å²) in [5.74, 6) is 1.52. The maximum Gasteiger partial charge on any atom is 0.140 e. The van der Waals surface area contributed by atoms with Crippen LogP contribution in [0.4, 0.5) is 5.69 Å². The molecule has 0 radical (unpaired) electrons. The van der Waals surface area contributed by atoms with Crippen molar-refractivity contribution in [3.8, 4) is 17.3 Å². The van der Waals surface area contributed by atoms with E-state index in [-0.39, 0.29) is 0 Å². The van der Waals surface area contributed by atoms with Gasteiger partial charge in [0.1, 0.15) is 17.5 Å². The summed E-state index contributed by atoms with van der Waals surface area (Å²) in [6.45, 7) is 0. The lowest BCUT2D eigenvalue weighted by Gasteiger charge is -2.13. The lowest BCUT2D eigenvalue weighted by atomic mass is 10.0. The molecule has 1 aliphatic rings. The van der Waals surface area contributed by atoms with Crippen molar-refractivity contribution < 1.29 is 4.52 Å². The molecular weight excluding hydrogens is 338 g/mol. The zero-order valence-corrected chi connectivity index (χ0v) is 14.5. The number of imidazole rings is 1. The van der Waals surface area contributed by atoms with E-state index >= 15 is 0 Å². The second-order valence-electron chi connectivity index (χ2n) is 6.85. The van der Waals surface area contributed by atoms with Gasteiger partial charge in [0.25, 0.3) is 0 Å². The number of H-pyrrole nitrogens is 1. The van der Waals surface area contributed by atoms with Gasteiger partial charge in [0.15, 0.2) is 0 Å². The Morgan fingerprint density at radius 1 is 1.15 bits per heavy atom. The maximum absolute atomic E-state index is 9.61. The molecule has 6 heteroatoms. The van der Waals surface area contributed by atoms with Gasteiger partial charge in [-0.2, -0.15) is 5.26 Å². The highest BCUT2D eigenvalue weighted by molar-refractivity contribution is 5.79. The largest absolute Gasteiger partial charge is 0.366 e. The van der Waals surface area contributed by atoms with Crippen LogP contribution >= 0.6 is 0 Å². The molecule has 2 aromatic carbocycles. The molecule has 1 fully saturated rings. The quantitative estimate of drug-likeness (QED) is 0.538. The molecule has 27 heavy (non-hydrogen) atoms. The Labute approximate surface area is 155 Å². The van der Waals surface area contributed by atoms with Crippen LogP contribution in [0.5, 0.6) is 0 Å². The number of benzene rings is 2. The number of rotatable bonds is 5. The van der Waals surface area contributed by atoms with Crippen molar-refractivity contribution in [3.63, 3.8) is 0 Å². The van der Waals surface area contributed by atoms with Crippen LogP contribution in [0.15, 0.2) is 59.4 Å². The van der Waals surface area contributed by atoms with E-state index in [9.17, 15) is 5.26 Å². The van der Waals surface area contributed by atoms with Gasteiger partial charge in [0, 0.05) is 23.2 Å². The molecule has 6 nitrogen and oxygen atoms in total. The summed E-state index contributed by atoms with van der Waals surface area (Å²) >= 11 is 0. The normalized spacial score (nSPS) is 14.8. The molecule has 2 aromatic heterocycles. The zero-order valence-electron chi connectivity index (χ0n) is 14.5. The Balaban J connectivity index is 1.36. The molecule has 1 saturated carbocycles. The average Bonchev–Trinajstić information content (AvgIpc) is 3.25. The van der Waals surface area contributed by atoms with Crippen LogP contribution in [0.1, 0.15) is 36.1 Å². The van der Waals surface area contributed by atoms with E-state index in [1.54, 1.807) is 6.33 Å². The van der Waals surface area contributed by atoms with E-state index in [2.05, 4.69) is 26.5 Å². The third-order valence-corrected chi connectivity index (χ3v) is 4.91. The molecule has 1 atom stereocenters. The first-order chi connectivity index (χ1) is 13.3. The van der Waals surface area contributed by atoms with Gasteiger partial charge in [0.05, 0.1) is 23.4 Å². The number of anilines is 1. The second kappa shape index (κ2) is 6.29. The number of aromatic nitrogens is 3. The molecule has 2 N–H and O–H groups in total. The summed E-state index contributed by atoms with van der Waals surface area (Å²) in [7, 11) is 0. The third-order valence-electron chi connectivity index (χ3n) is 4.91.